The molecule has 2 rings (SSSR count). The summed E-state index contributed by atoms with van der Waals surface area (Å²) < 4.78 is 0. The molecule has 0 spiro atoms. The molecule has 0 saturated carbocycles. The van der Waals surface area contributed by atoms with Crippen LogP contribution in [0.25, 0.3) is 0 Å². The van der Waals surface area contributed by atoms with Crippen LogP contribution in [0.2, 0.25) is 0 Å². The summed E-state index contributed by atoms with van der Waals surface area (Å²) in [5.41, 5.74) is 5.14. The van der Waals surface area contributed by atoms with Crippen molar-refractivity contribution in [3.05, 3.63) is 24.0 Å². The molecule has 8 nitrogen and oxygen atoms in total. The second-order valence-corrected chi connectivity index (χ2v) is 4.82. The van der Waals surface area contributed by atoms with Crippen LogP contribution in [0.4, 0.5) is 10.5 Å². The summed E-state index contributed by atoms with van der Waals surface area (Å²) in [7, 11) is 0. The van der Waals surface area contributed by atoms with Gasteiger partial charge >= 0.3 is 12.0 Å². The summed E-state index contributed by atoms with van der Waals surface area (Å²) >= 11 is 0. The number of piperidine rings is 1. The van der Waals surface area contributed by atoms with Gasteiger partial charge in [-0.15, -0.1) is 0 Å². The molecule has 1 aromatic rings. The number of carbonyl (C=O) groups excluding carboxylic acids is 2. The molecule has 112 valence electrons. The van der Waals surface area contributed by atoms with Crippen LogP contribution in [-0.2, 0) is 4.79 Å². The third-order valence-electron chi connectivity index (χ3n) is 3.37. The summed E-state index contributed by atoms with van der Waals surface area (Å²) in [6.07, 6.45) is 2.65. The van der Waals surface area contributed by atoms with Crippen LogP contribution >= 0.6 is 0 Å². The molecule has 0 aliphatic carbocycles. The van der Waals surface area contributed by atoms with Crippen molar-refractivity contribution in [2.75, 3.05) is 18.4 Å². The first kappa shape index (κ1) is 14.8. The Balaban J connectivity index is 2.08. The zero-order valence-corrected chi connectivity index (χ0v) is 11.3. The number of carboxylic acids is 1. The predicted molar refractivity (Wildman–Crippen MR) is 73.7 cm³/mol. The molecule has 21 heavy (non-hydrogen) atoms. The molecule has 8 heteroatoms. The van der Waals surface area contributed by atoms with E-state index in [-0.39, 0.29) is 23.8 Å². The average Bonchev–Trinajstić information content (AvgIpc) is 2.47. The van der Waals surface area contributed by atoms with Gasteiger partial charge in [-0.3, -0.25) is 4.79 Å². The minimum atomic E-state index is -1.21. The monoisotopic (exact) mass is 292 g/mol. The van der Waals surface area contributed by atoms with E-state index in [1.165, 1.54) is 17.2 Å². The summed E-state index contributed by atoms with van der Waals surface area (Å²) in [6, 6.07) is 2.46. The Morgan fingerprint density at radius 2 is 2.19 bits per heavy atom. The number of rotatable bonds is 3. The number of hydrogen-bond donors (Lipinski definition) is 3. The molecule has 1 aliphatic rings. The number of aromatic nitrogens is 1. The lowest BCUT2D eigenvalue weighted by Gasteiger charge is -2.30. The van der Waals surface area contributed by atoms with Crippen LogP contribution in [-0.4, -0.2) is 46.0 Å². The zero-order chi connectivity index (χ0) is 15.4. The predicted octanol–water partition coefficient (Wildman–Crippen LogP) is 0.509. The number of likely N-dealkylation sites (tertiary alicyclic amines) is 1. The molecule has 1 aromatic heterocycles. The summed E-state index contributed by atoms with van der Waals surface area (Å²) in [5.74, 6) is -1.96. The Hall–Kier alpha value is -2.64. The van der Waals surface area contributed by atoms with Crippen LogP contribution in [0, 0.1) is 5.92 Å². The maximum atomic E-state index is 12.2. The summed E-state index contributed by atoms with van der Waals surface area (Å²) in [5, 5.41) is 11.6. The Kier molecular flexibility index (Phi) is 4.36. The van der Waals surface area contributed by atoms with E-state index in [0.717, 1.165) is 0 Å². The van der Waals surface area contributed by atoms with Gasteiger partial charge in [0.25, 0.3) is 0 Å². The largest absolute Gasteiger partial charge is 0.476 e. The van der Waals surface area contributed by atoms with Crippen LogP contribution in [0.15, 0.2) is 18.3 Å². The Morgan fingerprint density at radius 3 is 2.86 bits per heavy atom. The molecule has 1 saturated heterocycles. The van der Waals surface area contributed by atoms with Gasteiger partial charge in [-0.1, -0.05) is 0 Å². The number of nitrogens with one attached hydrogen (secondary N) is 1. The van der Waals surface area contributed by atoms with E-state index in [2.05, 4.69) is 10.3 Å². The van der Waals surface area contributed by atoms with Crippen molar-refractivity contribution < 1.29 is 19.5 Å². The van der Waals surface area contributed by atoms with Gasteiger partial charge < -0.3 is 21.1 Å². The first-order chi connectivity index (χ1) is 9.99. The molecule has 1 atom stereocenters. The molecule has 1 aliphatic heterocycles. The molecule has 2 heterocycles. The van der Waals surface area contributed by atoms with Gasteiger partial charge in [-0.25, -0.2) is 14.6 Å². The number of amides is 3. The number of primary amides is 1. The number of pyridine rings is 1. The van der Waals surface area contributed by atoms with Gasteiger partial charge in [-0.2, -0.15) is 0 Å². The van der Waals surface area contributed by atoms with E-state index >= 15 is 0 Å². The lowest BCUT2D eigenvalue weighted by molar-refractivity contribution is -0.121. The topological polar surface area (TPSA) is 126 Å². The van der Waals surface area contributed by atoms with Crippen LogP contribution in [0.3, 0.4) is 0 Å². The number of carbonyl (C=O) groups is 3. The van der Waals surface area contributed by atoms with Gasteiger partial charge in [0, 0.05) is 19.3 Å². The van der Waals surface area contributed by atoms with Crippen molar-refractivity contribution in [3.63, 3.8) is 0 Å². The molecule has 3 amide bonds. The molecule has 0 radical (unpaired) electrons. The van der Waals surface area contributed by atoms with E-state index in [1.54, 1.807) is 6.07 Å². The SMILES string of the molecule is NC(=O)N1CCCC(C(=O)Nc2cccnc2C(=O)O)C1. The van der Waals surface area contributed by atoms with E-state index in [0.29, 0.717) is 19.4 Å². The highest BCUT2D eigenvalue weighted by molar-refractivity contribution is 6.00. The molecule has 1 fully saturated rings. The Labute approximate surface area is 120 Å². The van der Waals surface area contributed by atoms with Crippen molar-refractivity contribution in [1.29, 1.82) is 0 Å². The van der Waals surface area contributed by atoms with Crippen LogP contribution in [0.1, 0.15) is 23.3 Å². The van der Waals surface area contributed by atoms with Crippen molar-refractivity contribution in [1.82, 2.24) is 9.88 Å². The number of nitrogens with two attached hydrogens (primary N) is 1. The van der Waals surface area contributed by atoms with Crippen molar-refractivity contribution in [3.8, 4) is 0 Å². The molecular formula is C13H16N4O4. The second kappa shape index (κ2) is 6.21. The lowest BCUT2D eigenvalue weighted by Crippen LogP contribution is -2.46. The zero-order valence-electron chi connectivity index (χ0n) is 11.3. The smallest absolute Gasteiger partial charge is 0.356 e. The first-order valence-electron chi connectivity index (χ1n) is 6.52. The van der Waals surface area contributed by atoms with E-state index in [4.69, 9.17) is 10.8 Å². The number of nitrogens with zero attached hydrogens (tertiary/aromatic N) is 2. The minimum Gasteiger partial charge on any atom is -0.476 e. The highest BCUT2D eigenvalue weighted by Gasteiger charge is 2.28. The van der Waals surface area contributed by atoms with Gasteiger partial charge in [-0.05, 0) is 25.0 Å². The first-order valence-corrected chi connectivity index (χ1v) is 6.52. The number of anilines is 1. The number of hydrogen-bond acceptors (Lipinski definition) is 4. The maximum Gasteiger partial charge on any atom is 0.356 e. The summed E-state index contributed by atoms with van der Waals surface area (Å²) in [4.78, 5) is 39.5. The Morgan fingerprint density at radius 1 is 1.43 bits per heavy atom. The molecule has 4 N–H and O–H groups in total. The van der Waals surface area contributed by atoms with Crippen molar-refractivity contribution >= 4 is 23.6 Å². The Bertz CT molecular complexity index is 575. The van der Waals surface area contributed by atoms with Crippen molar-refractivity contribution in [2.45, 2.75) is 12.8 Å². The van der Waals surface area contributed by atoms with Gasteiger partial charge in [0.2, 0.25) is 5.91 Å². The summed E-state index contributed by atoms with van der Waals surface area (Å²) in [6.45, 7) is 0.774. The third kappa shape index (κ3) is 3.47. The van der Waals surface area contributed by atoms with Gasteiger partial charge in [0.1, 0.15) is 0 Å². The number of urea groups is 1. The highest BCUT2D eigenvalue weighted by atomic mass is 16.4. The molecule has 0 aromatic carbocycles. The maximum absolute atomic E-state index is 12.2. The average molecular weight is 292 g/mol. The molecular weight excluding hydrogens is 276 g/mol. The van der Waals surface area contributed by atoms with Gasteiger partial charge in [0.15, 0.2) is 5.69 Å². The number of aromatic carboxylic acids is 1. The van der Waals surface area contributed by atoms with E-state index in [9.17, 15) is 14.4 Å². The normalized spacial score (nSPS) is 18.1. The van der Waals surface area contributed by atoms with Crippen LogP contribution in [0.5, 0.6) is 0 Å². The highest BCUT2D eigenvalue weighted by Crippen LogP contribution is 2.19. The van der Waals surface area contributed by atoms with Crippen molar-refractivity contribution in [2.24, 2.45) is 11.7 Å². The fraction of sp³-hybridized carbons (Fsp3) is 0.385. The number of carboxylic acid groups (broad SMARTS) is 1. The minimum absolute atomic E-state index is 0.145. The lowest BCUT2D eigenvalue weighted by atomic mass is 9.97. The second-order valence-electron chi connectivity index (χ2n) is 4.82. The third-order valence-corrected chi connectivity index (χ3v) is 3.37. The fourth-order valence-corrected chi connectivity index (χ4v) is 2.30. The molecule has 0 bridgehead atoms. The molecule has 1 unspecified atom stereocenters. The van der Waals surface area contributed by atoms with Crippen LogP contribution < -0.4 is 11.1 Å². The standard InChI is InChI=1S/C13H16N4O4/c14-13(21)17-6-2-3-8(7-17)11(18)16-9-4-1-5-15-10(9)12(19)20/h1,4-5,8H,2-3,6-7H2,(H2,14,21)(H,16,18)(H,19,20). The van der Waals surface area contributed by atoms with E-state index < -0.39 is 17.9 Å². The fourth-order valence-electron chi connectivity index (χ4n) is 2.30. The van der Waals surface area contributed by atoms with E-state index in [1.807, 2.05) is 0 Å². The van der Waals surface area contributed by atoms with Gasteiger partial charge in [0.05, 0.1) is 11.6 Å². The quantitative estimate of drug-likeness (QED) is 0.748.